The molecule has 1 unspecified atom stereocenters. The van der Waals surface area contributed by atoms with Crippen LogP contribution in [0, 0.1) is 0 Å². The SMILES string of the molecule is CCCS(=O)(=O)N1CCCCC1C(=O)Nc1ccc(N2CCCC2=O)c(Cl)c1. The molecule has 0 aromatic heterocycles. The van der Waals surface area contributed by atoms with Crippen molar-refractivity contribution in [3.63, 3.8) is 0 Å². The molecule has 2 aliphatic heterocycles. The maximum atomic E-state index is 12.8. The Labute approximate surface area is 171 Å². The molecule has 0 spiro atoms. The highest BCUT2D eigenvalue weighted by atomic mass is 35.5. The van der Waals surface area contributed by atoms with Crippen molar-refractivity contribution in [3.05, 3.63) is 23.2 Å². The summed E-state index contributed by atoms with van der Waals surface area (Å²) in [5.41, 5.74) is 1.12. The third-order valence-corrected chi connectivity index (χ3v) is 7.53. The highest BCUT2D eigenvalue weighted by molar-refractivity contribution is 7.89. The average molecular weight is 428 g/mol. The molecule has 1 N–H and O–H groups in total. The molecular weight excluding hydrogens is 402 g/mol. The standard InChI is InChI=1S/C19H26ClN3O4S/c1-2-12-28(26,27)23-11-4-3-6-17(23)19(25)21-14-8-9-16(15(20)13-14)22-10-5-7-18(22)24/h8-9,13,17H,2-7,10-12H2,1H3,(H,21,25). The van der Waals surface area contributed by atoms with E-state index in [9.17, 15) is 18.0 Å². The van der Waals surface area contributed by atoms with Gasteiger partial charge >= 0.3 is 0 Å². The molecule has 1 aromatic rings. The van der Waals surface area contributed by atoms with Gasteiger partial charge in [0.25, 0.3) is 0 Å². The van der Waals surface area contributed by atoms with Crippen molar-refractivity contribution in [1.29, 1.82) is 0 Å². The van der Waals surface area contributed by atoms with Crippen molar-refractivity contribution in [3.8, 4) is 0 Å². The molecule has 1 aromatic carbocycles. The zero-order valence-corrected chi connectivity index (χ0v) is 17.6. The highest BCUT2D eigenvalue weighted by Gasteiger charge is 2.36. The van der Waals surface area contributed by atoms with Crippen molar-refractivity contribution in [1.82, 2.24) is 4.31 Å². The van der Waals surface area contributed by atoms with Crippen molar-refractivity contribution in [2.24, 2.45) is 0 Å². The van der Waals surface area contributed by atoms with Crippen molar-refractivity contribution >= 4 is 44.8 Å². The summed E-state index contributed by atoms with van der Waals surface area (Å²) in [5.74, 6) is -0.264. The molecule has 28 heavy (non-hydrogen) atoms. The number of anilines is 2. The van der Waals surface area contributed by atoms with Gasteiger partial charge in [0.1, 0.15) is 6.04 Å². The van der Waals surface area contributed by atoms with Gasteiger partial charge < -0.3 is 10.2 Å². The minimum atomic E-state index is -3.45. The summed E-state index contributed by atoms with van der Waals surface area (Å²) in [6, 6.07) is 4.31. The number of sulfonamides is 1. The molecule has 0 radical (unpaired) electrons. The van der Waals surface area contributed by atoms with Gasteiger partial charge in [-0.15, -0.1) is 0 Å². The third kappa shape index (κ3) is 4.50. The molecule has 2 amide bonds. The lowest BCUT2D eigenvalue weighted by Gasteiger charge is -2.33. The van der Waals surface area contributed by atoms with Gasteiger partial charge in [0.15, 0.2) is 0 Å². The Morgan fingerprint density at radius 3 is 2.68 bits per heavy atom. The molecule has 1 atom stereocenters. The van der Waals surface area contributed by atoms with Gasteiger partial charge in [-0.3, -0.25) is 9.59 Å². The molecule has 154 valence electrons. The second-order valence-electron chi connectivity index (χ2n) is 7.24. The number of nitrogens with zero attached hydrogens (tertiary/aromatic N) is 2. The minimum absolute atomic E-state index is 0.0395. The number of hydrogen-bond donors (Lipinski definition) is 1. The van der Waals surface area contributed by atoms with Crippen LogP contribution in [-0.4, -0.2) is 49.4 Å². The molecule has 2 aliphatic rings. The summed E-state index contributed by atoms with van der Waals surface area (Å²) < 4.78 is 26.4. The maximum Gasteiger partial charge on any atom is 0.242 e. The number of hydrogen-bond acceptors (Lipinski definition) is 4. The van der Waals surface area contributed by atoms with E-state index in [4.69, 9.17) is 11.6 Å². The number of nitrogens with one attached hydrogen (secondary N) is 1. The zero-order chi connectivity index (χ0) is 20.3. The molecule has 7 nitrogen and oxygen atoms in total. The third-order valence-electron chi connectivity index (χ3n) is 5.16. The van der Waals surface area contributed by atoms with Crippen LogP contribution in [0.5, 0.6) is 0 Å². The first-order valence-corrected chi connectivity index (χ1v) is 11.7. The molecule has 2 heterocycles. The Bertz CT molecular complexity index is 859. The second-order valence-corrected chi connectivity index (χ2v) is 9.69. The van der Waals surface area contributed by atoms with Crippen LogP contribution in [-0.2, 0) is 19.6 Å². The minimum Gasteiger partial charge on any atom is -0.325 e. The summed E-state index contributed by atoms with van der Waals surface area (Å²) >= 11 is 6.33. The monoisotopic (exact) mass is 427 g/mol. The van der Waals surface area contributed by atoms with E-state index in [1.54, 1.807) is 23.1 Å². The van der Waals surface area contributed by atoms with Gasteiger partial charge in [0, 0.05) is 25.2 Å². The first-order valence-electron chi connectivity index (χ1n) is 9.74. The van der Waals surface area contributed by atoms with Gasteiger partial charge in [-0.25, -0.2) is 8.42 Å². The van der Waals surface area contributed by atoms with Crippen LogP contribution in [0.15, 0.2) is 18.2 Å². The Kier molecular flexibility index (Phi) is 6.62. The van der Waals surface area contributed by atoms with E-state index in [0.29, 0.717) is 48.7 Å². The lowest BCUT2D eigenvalue weighted by Crippen LogP contribution is -2.50. The quantitative estimate of drug-likeness (QED) is 0.756. The summed E-state index contributed by atoms with van der Waals surface area (Å²) in [4.78, 5) is 26.4. The van der Waals surface area contributed by atoms with Crippen LogP contribution in [0.1, 0.15) is 45.4 Å². The second kappa shape index (κ2) is 8.80. The molecular formula is C19H26ClN3O4S. The lowest BCUT2D eigenvalue weighted by atomic mass is 10.0. The first kappa shape index (κ1) is 21.1. The number of carbonyl (C=O) groups is 2. The molecule has 0 saturated carbocycles. The normalized spacial score (nSPS) is 21.1. The fourth-order valence-electron chi connectivity index (χ4n) is 3.81. The smallest absolute Gasteiger partial charge is 0.242 e. The van der Waals surface area contributed by atoms with E-state index >= 15 is 0 Å². The summed E-state index contributed by atoms with van der Waals surface area (Å²) in [7, 11) is -3.45. The Morgan fingerprint density at radius 2 is 2.04 bits per heavy atom. The molecule has 2 saturated heterocycles. The Balaban J connectivity index is 1.74. The predicted octanol–water partition coefficient (Wildman–Crippen LogP) is 3.00. The van der Waals surface area contributed by atoms with Crippen LogP contribution in [0.4, 0.5) is 11.4 Å². The largest absolute Gasteiger partial charge is 0.325 e. The number of benzene rings is 1. The van der Waals surface area contributed by atoms with Crippen LogP contribution in [0.2, 0.25) is 5.02 Å². The summed E-state index contributed by atoms with van der Waals surface area (Å²) in [6.07, 6.45) is 3.91. The summed E-state index contributed by atoms with van der Waals surface area (Å²) in [5, 5.41) is 3.17. The van der Waals surface area contributed by atoms with Crippen LogP contribution in [0.3, 0.4) is 0 Å². The molecule has 0 aliphatic carbocycles. The number of rotatable bonds is 6. The topological polar surface area (TPSA) is 86.8 Å². The molecule has 9 heteroatoms. The molecule has 3 rings (SSSR count). The van der Waals surface area contributed by atoms with E-state index in [-0.39, 0.29) is 17.6 Å². The van der Waals surface area contributed by atoms with Gasteiger partial charge in [-0.05, 0) is 43.9 Å². The van der Waals surface area contributed by atoms with Crippen molar-refractivity contribution in [2.75, 3.05) is 29.1 Å². The van der Waals surface area contributed by atoms with Crippen molar-refractivity contribution < 1.29 is 18.0 Å². The van der Waals surface area contributed by atoms with Crippen LogP contribution in [0.25, 0.3) is 0 Å². The van der Waals surface area contributed by atoms with Gasteiger partial charge in [0.05, 0.1) is 16.5 Å². The van der Waals surface area contributed by atoms with Crippen LogP contribution < -0.4 is 10.2 Å². The average Bonchev–Trinajstić information content (AvgIpc) is 3.07. The van der Waals surface area contributed by atoms with E-state index in [1.165, 1.54) is 4.31 Å². The van der Waals surface area contributed by atoms with E-state index in [2.05, 4.69) is 5.32 Å². The molecule has 2 fully saturated rings. The van der Waals surface area contributed by atoms with E-state index in [1.807, 2.05) is 6.92 Å². The predicted molar refractivity (Wildman–Crippen MR) is 110 cm³/mol. The fourth-order valence-corrected chi connectivity index (χ4v) is 5.84. The van der Waals surface area contributed by atoms with Crippen LogP contribution >= 0.6 is 11.6 Å². The first-order chi connectivity index (χ1) is 13.3. The number of amides is 2. The maximum absolute atomic E-state index is 12.8. The van der Waals surface area contributed by atoms with E-state index in [0.717, 1.165) is 19.3 Å². The molecule has 0 bridgehead atoms. The fraction of sp³-hybridized carbons (Fsp3) is 0.579. The number of piperidine rings is 1. The van der Waals surface area contributed by atoms with Crippen molar-refractivity contribution in [2.45, 2.75) is 51.5 Å². The Morgan fingerprint density at radius 1 is 1.25 bits per heavy atom. The highest BCUT2D eigenvalue weighted by Crippen LogP contribution is 2.32. The summed E-state index contributed by atoms with van der Waals surface area (Å²) in [6.45, 7) is 2.82. The van der Waals surface area contributed by atoms with Gasteiger partial charge in [-0.1, -0.05) is 24.9 Å². The van der Waals surface area contributed by atoms with E-state index < -0.39 is 16.1 Å². The lowest BCUT2D eigenvalue weighted by molar-refractivity contribution is -0.120. The zero-order valence-electron chi connectivity index (χ0n) is 16.0. The number of halogens is 1. The Hall–Kier alpha value is -1.64. The van der Waals surface area contributed by atoms with Gasteiger partial charge in [0.2, 0.25) is 21.8 Å². The number of carbonyl (C=O) groups excluding carboxylic acids is 2. The van der Waals surface area contributed by atoms with Gasteiger partial charge in [-0.2, -0.15) is 4.31 Å².